The maximum atomic E-state index is 12.2. The van der Waals surface area contributed by atoms with Crippen molar-refractivity contribution in [2.24, 2.45) is 22.7 Å². The fourth-order valence-electron chi connectivity index (χ4n) is 6.74. The molecule has 1 aliphatic heterocycles. The Morgan fingerprint density at radius 2 is 1.53 bits per heavy atom. The number of benzene rings is 3. The second-order valence-corrected chi connectivity index (χ2v) is 16.1. The van der Waals surface area contributed by atoms with Crippen molar-refractivity contribution in [2.45, 2.75) is 114 Å². The number of ketones is 1. The second-order valence-electron chi connectivity index (χ2n) is 16.1. The summed E-state index contributed by atoms with van der Waals surface area (Å²) in [5.41, 5.74) is 6.07. The molecule has 0 bridgehead atoms. The van der Waals surface area contributed by atoms with Crippen molar-refractivity contribution in [1.29, 1.82) is 0 Å². The summed E-state index contributed by atoms with van der Waals surface area (Å²) < 4.78 is 43.5. The van der Waals surface area contributed by atoms with Gasteiger partial charge < -0.3 is 9.84 Å². The smallest absolute Gasteiger partial charge is 0.389 e. The predicted octanol–water partition coefficient (Wildman–Crippen LogP) is 12.9. The number of aromatic nitrogens is 1. The first-order valence-corrected chi connectivity index (χ1v) is 17.8. The maximum absolute atomic E-state index is 12.2. The molecule has 0 amide bonds. The molecular weight excluding hydrogens is 828 g/mol. The van der Waals surface area contributed by atoms with Crippen LogP contribution in [-0.2, 0) is 37.7 Å². The summed E-state index contributed by atoms with van der Waals surface area (Å²) >= 11 is 0. The van der Waals surface area contributed by atoms with Crippen LogP contribution < -0.4 is 4.74 Å². The summed E-state index contributed by atoms with van der Waals surface area (Å²) in [5, 5.41) is 14.4. The van der Waals surface area contributed by atoms with Crippen LogP contribution in [0.3, 0.4) is 0 Å². The molecule has 5 rings (SSSR count). The topological polar surface area (TPSA) is 59.4 Å². The Hall–Kier alpha value is -3.22. The van der Waals surface area contributed by atoms with Gasteiger partial charge in [0.15, 0.2) is 5.78 Å². The van der Waals surface area contributed by atoms with Crippen LogP contribution >= 0.6 is 0 Å². The Labute approximate surface area is 315 Å². The average molecular weight is 881 g/mol. The molecule has 51 heavy (non-hydrogen) atoms. The number of aryl methyl sites for hydroxylation is 1. The molecule has 0 saturated heterocycles. The van der Waals surface area contributed by atoms with Crippen molar-refractivity contribution in [3.8, 4) is 22.8 Å². The molecule has 4 aromatic rings. The van der Waals surface area contributed by atoms with E-state index >= 15 is 0 Å². The number of nitrogens with zero attached hydrogens (tertiary/aromatic N) is 1. The standard InChI is InChI=1S/C30H32NO.C13H21F3O2.Ir/c1-18-17-31-27-23-14-20-10-8-9-11-21(20)24(16-30(5,6)7)28(23)32-25-13-19(15-29(2,3)4)12-22(18)26(25)27;1-4-9(5-2)11(17)7-12(18)10(6-3)8-13(14,15)16;/h8-13,17H,15-16H2,1-7H3;7,9-10,17H,4-6,8H2,1-3H3;/q-1;;/b;11-7-;. The third kappa shape index (κ3) is 10.7. The van der Waals surface area contributed by atoms with Crippen molar-refractivity contribution < 1.29 is 47.9 Å². The van der Waals surface area contributed by atoms with Crippen molar-refractivity contribution in [3.05, 3.63) is 77.2 Å². The van der Waals surface area contributed by atoms with Gasteiger partial charge in [0.2, 0.25) is 0 Å². The number of rotatable bonds is 9. The zero-order chi connectivity index (χ0) is 37.2. The van der Waals surface area contributed by atoms with Crippen molar-refractivity contribution in [2.75, 3.05) is 0 Å². The minimum atomic E-state index is -4.35. The quantitative estimate of drug-likeness (QED) is 0.0910. The summed E-state index contributed by atoms with van der Waals surface area (Å²) in [4.78, 5) is 16.6. The van der Waals surface area contributed by atoms with Crippen LogP contribution in [0.4, 0.5) is 13.2 Å². The third-order valence-corrected chi connectivity index (χ3v) is 9.18. The number of hydrogen-bond acceptors (Lipinski definition) is 4. The van der Waals surface area contributed by atoms with E-state index in [4.69, 9.17) is 9.72 Å². The average Bonchev–Trinajstić information content (AvgIpc) is 3.00. The fourth-order valence-corrected chi connectivity index (χ4v) is 6.74. The monoisotopic (exact) mass is 881 g/mol. The normalized spacial score (nSPS) is 13.6. The van der Waals surface area contributed by atoms with Crippen LogP contribution in [0.25, 0.3) is 32.8 Å². The molecule has 1 unspecified atom stereocenters. The number of carbonyl (C=O) groups is 1. The molecule has 3 aromatic carbocycles. The van der Waals surface area contributed by atoms with Gasteiger partial charge in [0.1, 0.15) is 5.75 Å². The van der Waals surface area contributed by atoms with Gasteiger partial charge >= 0.3 is 6.18 Å². The first-order chi connectivity index (χ1) is 23.2. The Morgan fingerprint density at radius 1 is 0.922 bits per heavy atom. The van der Waals surface area contributed by atoms with Crippen LogP contribution in [0.5, 0.6) is 11.5 Å². The van der Waals surface area contributed by atoms with Gasteiger partial charge in [-0.05, 0) is 72.4 Å². The molecule has 8 heteroatoms. The molecule has 0 aliphatic carbocycles. The Morgan fingerprint density at radius 3 is 2.10 bits per heavy atom. The Balaban J connectivity index is 0.000000319. The van der Waals surface area contributed by atoms with Gasteiger partial charge in [-0.2, -0.15) is 13.2 Å². The van der Waals surface area contributed by atoms with Crippen molar-refractivity contribution in [1.82, 2.24) is 4.98 Å². The van der Waals surface area contributed by atoms with Crippen LogP contribution in [0.15, 0.2) is 54.4 Å². The van der Waals surface area contributed by atoms with E-state index in [9.17, 15) is 23.1 Å². The van der Waals surface area contributed by atoms with Crippen LogP contribution in [0.1, 0.15) is 105 Å². The molecule has 1 radical (unpaired) electrons. The molecule has 1 aliphatic rings. The summed E-state index contributed by atoms with van der Waals surface area (Å²) in [6.45, 7) is 21.1. The molecule has 279 valence electrons. The largest absolute Gasteiger partial charge is 0.512 e. The third-order valence-electron chi connectivity index (χ3n) is 9.18. The van der Waals surface area contributed by atoms with Gasteiger partial charge in [-0.25, -0.2) is 0 Å². The SMILES string of the molecule is CCC(CC(F)(F)F)C(=O)/C=C(\O)C(CC)CC.Cc1cnc2c3c(cc(CC(C)(C)C)cc13)Oc1c-2[c-]c2ccccc2c1CC(C)(C)C.[Ir]. The molecule has 1 aromatic heterocycles. The molecule has 0 fully saturated rings. The first kappa shape index (κ1) is 42.2. The molecule has 1 N–H and O–H groups in total. The molecule has 0 spiro atoms. The molecule has 0 saturated carbocycles. The zero-order valence-electron chi connectivity index (χ0n) is 31.7. The summed E-state index contributed by atoms with van der Waals surface area (Å²) in [6.07, 6.45) is 0.846. The minimum Gasteiger partial charge on any atom is -0.512 e. The van der Waals surface area contributed by atoms with Gasteiger partial charge in [0.05, 0.1) is 17.9 Å². The fraction of sp³-hybridized carbons (Fsp3) is 0.488. The molecule has 4 nitrogen and oxygen atoms in total. The van der Waals surface area contributed by atoms with E-state index in [1.165, 1.54) is 34.4 Å². The minimum absolute atomic E-state index is 0. The number of ether oxygens (including phenoxy) is 1. The van der Waals surface area contributed by atoms with Gasteiger partial charge in [-0.15, -0.1) is 17.5 Å². The molecular formula is C43H53F3IrNO3-. The van der Waals surface area contributed by atoms with Gasteiger partial charge in [-0.1, -0.05) is 103 Å². The second kappa shape index (κ2) is 16.6. The number of halogens is 3. The van der Waals surface area contributed by atoms with E-state index in [-0.39, 0.29) is 49.0 Å². The first-order valence-electron chi connectivity index (χ1n) is 17.8. The van der Waals surface area contributed by atoms with Crippen LogP contribution in [0.2, 0.25) is 0 Å². The van der Waals surface area contributed by atoms with Crippen molar-refractivity contribution in [3.63, 3.8) is 0 Å². The Bertz CT molecular complexity index is 1880. The van der Waals surface area contributed by atoms with Gasteiger partial charge in [-0.3, -0.25) is 9.78 Å². The van der Waals surface area contributed by atoms with E-state index < -0.39 is 24.3 Å². The van der Waals surface area contributed by atoms with E-state index in [1.54, 1.807) is 0 Å². The van der Waals surface area contributed by atoms with Crippen LogP contribution in [-0.4, -0.2) is 22.1 Å². The zero-order valence-corrected chi connectivity index (χ0v) is 34.1. The number of pyridine rings is 1. The number of aliphatic hydroxyl groups is 1. The van der Waals surface area contributed by atoms with Crippen molar-refractivity contribution >= 4 is 27.3 Å². The molecule has 1 atom stereocenters. The van der Waals surface area contributed by atoms with E-state index in [0.29, 0.717) is 12.8 Å². The van der Waals surface area contributed by atoms with Crippen LogP contribution in [0, 0.1) is 35.7 Å². The number of aliphatic hydroxyl groups excluding tert-OH is 1. The van der Waals surface area contributed by atoms with E-state index in [0.717, 1.165) is 52.4 Å². The summed E-state index contributed by atoms with van der Waals surface area (Å²) in [6, 6.07) is 16.8. The van der Waals surface area contributed by atoms with Gasteiger partial charge in [0.25, 0.3) is 0 Å². The summed E-state index contributed by atoms with van der Waals surface area (Å²) in [5.74, 6) is -0.139. The van der Waals surface area contributed by atoms with Gasteiger partial charge in [0, 0.05) is 55.3 Å². The van der Waals surface area contributed by atoms with E-state index in [1.807, 2.05) is 20.0 Å². The summed E-state index contributed by atoms with van der Waals surface area (Å²) in [7, 11) is 0. The maximum Gasteiger partial charge on any atom is 0.389 e. The number of allylic oxidation sites excluding steroid dienone is 2. The number of carbonyl (C=O) groups excluding carboxylic acids is 1. The number of alkyl halides is 3. The predicted molar refractivity (Wildman–Crippen MR) is 199 cm³/mol. The number of hydrogen-bond donors (Lipinski definition) is 1. The van der Waals surface area contributed by atoms with E-state index in [2.05, 4.69) is 90.9 Å². The molecule has 2 heterocycles. The Kier molecular flexibility index (Phi) is 13.8. The number of fused-ring (bicyclic) bond motifs is 3.